The third-order valence-corrected chi connectivity index (χ3v) is 4.08. The number of rotatable bonds is 4. The first-order valence-corrected chi connectivity index (χ1v) is 8.04. The Morgan fingerprint density at radius 2 is 1.81 bits per heavy atom. The quantitative estimate of drug-likeness (QED) is 0.513. The van der Waals surface area contributed by atoms with E-state index in [1.165, 1.54) is 12.1 Å². The number of carbonyl (C=O) groups is 1. The van der Waals surface area contributed by atoms with Crippen LogP contribution in [-0.4, -0.2) is 31.7 Å². The normalized spacial score (nSPS) is 11.3. The fourth-order valence-corrected chi connectivity index (χ4v) is 2.93. The molecule has 0 radical (unpaired) electrons. The van der Waals surface area contributed by atoms with E-state index < -0.39 is 22.6 Å². The molecular formula is C17H12N4O6. The fraction of sp³-hybridized carbons (Fsp3) is 0.176. The Morgan fingerprint density at radius 3 is 2.44 bits per heavy atom. The van der Waals surface area contributed by atoms with Crippen molar-refractivity contribution in [3.8, 4) is 11.6 Å². The predicted molar refractivity (Wildman–Crippen MR) is 92.7 cm³/mol. The van der Waals surface area contributed by atoms with Gasteiger partial charge in [0.05, 0.1) is 10.8 Å². The van der Waals surface area contributed by atoms with Crippen LogP contribution in [0.4, 0.5) is 0 Å². The molecule has 3 aromatic heterocycles. The minimum absolute atomic E-state index is 0.0858. The number of benzene rings is 1. The summed E-state index contributed by atoms with van der Waals surface area (Å²) in [5, 5.41) is 22.8. The average molecular weight is 368 g/mol. The van der Waals surface area contributed by atoms with Gasteiger partial charge in [-0.2, -0.15) is 5.21 Å². The second-order valence-corrected chi connectivity index (χ2v) is 5.85. The van der Waals surface area contributed by atoms with Gasteiger partial charge in [0, 0.05) is 17.7 Å². The number of H-pyrrole nitrogens is 1. The van der Waals surface area contributed by atoms with Crippen molar-refractivity contribution < 1.29 is 18.7 Å². The fourth-order valence-electron chi connectivity index (χ4n) is 2.93. The van der Waals surface area contributed by atoms with E-state index in [-0.39, 0.29) is 33.5 Å². The Hall–Kier alpha value is -3.82. The highest BCUT2D eigenvalue weighted by Gasteiger charge is 2.20. The van der Waals surface area contributed by atoms with Gasteiger partial charge in [-0.05, 0) is 17.7 Å². The highest BCUT2D eigenvalue weighted by molar-refractivity contribution is 5.98. The van der Waals surface area contributed by atoms with Crippen molar-refractivity contribution >= 4 is 27.9 Å². The summed E-state index contributed by atoms with van der Waals surface area (Å²) >= 11 is 0. The van der Waals surface area contributed by atoms with Gasteiger partial charge in [0.2, 0.25) is 11.6 Å². The highest BCUT2D eigenvalue weighted by Crippen LogP contribution is 2.29. The topological polar surface area (TPSA) is 152 Å². The van der Waals surface area contributed by atoms with Crippen molar-refractivity contribution in [1.82, 2.24) is 20.6 Å². The first-order chi connectivity index (χ1) is 13.0. The Bertz CT molecular complexity index is 1300. The summed E-state index contributed by atoms with van der Waals surface area (Å²) in [6, 6.07) is 3.45. The molecule has 0 fully saturated rings. The zero-order chi connectivity index (χ0) is 19.1. The molecule has 0 aliphatic heterocycles. The predicted octanol–water partition coefficient (Wildman–Crippen LogP) is 1.73. The second kappa shape index (κ2) is 6.16. The van der Waals surface area contributed by atoms with Crippen LogP contribution in [0.3, 0.4) is 0 Å². The van der Waals surface area contributed by atoms with E-state index in [9.17, 15) is 19.5 Å². The SMILES string of the molecule is CCCc1c2oc(C(=O)O)cc(=O)c2cc2c(=O)cc(-c3nn[nH]n3)oc12. The number of tetrazole rings is 1. The Kier molecular flexibility index (Phi) is 3.80. The lowest BCUT2D eigenvalue weighted by Gasteiger charge is -2.09. The maximum Gasteiger partial charge on any atom is 0.371 e. The lowest BCUT2D eigenvalue weighted by molar-refractivity contribution is 0.0663. The first kappa shape index (κ1) is 16.6. The van der Waals surface area contributed by atoms with Crippen molar-refractivity contribution in [1.29, 1.82) is 0 Å². The van der Waals surface area contributed by atoms with Gasteiger partial charge in [0.15, 0.2) is 16.6 Å². The number of nitrogens with zero attached hydrogens (tertiary/aromatic N) is 3. The molecule has 0 unspecified atom stereocenters. The molecule has 4 aromatic rings. The largest absolute Gasteiger partial charge is 0.475 e. The number of aromatic carboxylic acids is 1. The molecule has 0 spiro atoms. The van der Waals surface area contributed by atoms with Gasteiger partial charge in [-0.25, -0.2) is 4.79 Å². The van der Waals surface area contributed by atoms with Gasteiger partial charge in [-0.15, -0.1) is 10.2 Å². The van der Waals surface area contributed by atoms with Crippen LogP contribution in [0.5, 0.6) is 0 Å². The molecule has 136 valence electrons. The second-order valence-electron chi connectivity index (χ2n) is 5.85. The van der Waals surface area contributed by atoms with Gasteiger partial charge >= 0.3 is 5.97 Å². The minimum Gasteiger partial charge on any atom is -0.475 e. The van der Waals surface area contributed by atoms with E-state index >= 15 is 0 Å². The van der Waals surface area contributed by atoms with Crippen LogP contribution in [0.1, 0.15) is 29.5 Å². The standard InChI is InChI=1S/C17H12N4O6/c1-2-3-7-14-8(10(22)5-12(26-14)16-18-20-21-19-16)4-9-11(23)6-13(17(24)25)27-15(7)9/h4-6H,2-3H2,1H3,(H,24,25)(H,18,19,20,21). The third-order valence-electron chi connectivity index (χ3n) is 4.08. The van der Waals surface area contributed by atoms with E-state index in [1.54, 1.807) is 0 Å². The summed E-state index contributed by atoms with van der Waals surface area (Å²) in [7, 11) is 0. The lowest BCUT2D eigenvalue weighted by atomic mass is 10.0. The molecule has 0 atom stereocenters. The van der Waals surface area contributed by atoms with Crippen molar-refractivity contribution in [2.75, 3.05) is 0 Å². The summed E-state index contributed by atoms with van der Waals surface area (Å²) in [5.74, 6) is -1.66. The molecule has 10 nitrogen and oxygen atoms in total. The Labute approximate surface area is 149 Å². The van der Waals surface area contributed by atoms with E-state index in [1.807, 2.05) is 6.92 Å². The number of carboxylic acid groups (broad SMARTS) is 1. The van der Waals surface area contributed by atoms with E-state index in [2.05, 4.69) is 20.6 Å². The van der Waals surface area contributed by atoms with Crippen molar-refractivity contribution in [3.63, 3.8) is 0 Å². The molecule has 0 bridgehead atoms. The third kappa shape index (κ3) is 2.67. The zero-order valence-corrected chi connectivity index (χ0v) is 14.0. The maximum absolute atomic E-state index is 12.6. The molecule has 10 heteroatoms. The van der Waals surface area contributed by atoms with Crippen LogP contribution in [0.25, 0.3) is 33.5 Å². The lowest BCUT2D eigenvalue weighted by Crippen LogP contribution is -2.10. The van der Waals surface area contributed by atoms with E-state index in [0.717, 1.165) is 6.07 Å². The monoisotopic (exact) mass is 368 g/mol. The molecule has 2 N–H and O–H groups in total. The molecule has 27 heavy (non-hydrogen) atoms. The first-order valence-electron chi connectivity index (χ1n) is 8.04. The molecule has 0 saturated carbocycles. The van der Waals surface area contributed by atoms with Crippen LogP contribution in [0, 0.1) is 0 Å². The number of carboxylic acids is 1. The van der Waals surface area contributed by atoms with Crippen LogP contribution in [-0.2, 0) is 6.42 Å². The van der Waals surface area contributed by atoms with Crippen molar-refractivity contribution in [3.05, 3.63) is 50.0 Å². The van der Waals surface area contributed by atoms with Gasteiger partial charge in [0.25, 0.3) is 0 Å². The molecule has 0 aliphatic carbocycles. The van der Waals surface area contributed by atoms with Crippen LogP contribution < -0.4 is 10.9 Å². The van der Waals surface area contributed by atoms with Crippen LogP contribution in [0.15, 0.2) is 36.6 Å². The van der Waals surface area contributed by atoms with Gasteiger partial charge < -0.3 is 13.9 Å². The van der Waals surface area contributed by atoms with Crippen molar-refractivity contribution in [2.24, 2.45) is 0 Å². The molecule has 4 rings (SSSR count). The summed E-state index contributed by atoms with van der Waals surface area (Å²) in [5.41, 5.74) is -0.218. The smallest absolute Gasteiger partial charge is 0.371 e. The van der Waals surface area contributed by atoms with Gasteiger partial charge in [0.1, 0.15) is 11.2 Å². The number of aryl methyl sites for hydroxylation is 1. The van der Waals surface area contributed by atoms with Gasteiger partial charge in [-0.1, -0.05) is 13.3 Å². The minimum atomic E-state index is -1.36. The summed E-state index contributed by atoms with van der Waals surface area (Å²) in [6.45, 7) is 1.89. The number of aromatic amines is 1. The number of hydrogen-bond donors (Lipinski definition) is 2. The van der Waals surface area contributed by atoms with Crippen LogP contribution >= 0.6 is 0 Å². The van der Waals surface area contributed by atoms with Crippen LogP contribution in [0.2, 0.25) is 0 Å². The average Bonchev–Trinajstić information content (AvgIpc) is 3.17. The molecule has 0 saturated heterocycles. The summed E-state index contributed by atoms with van der Waals surface area (Å²) in [4.78, 5) is 36.2. The maximum atomic E-state index is 12.6. The van der Waals surface area contributed by atoms with E-state index in [0.29, 0.717) is 18.4 Å². The number of aromatic nitrogens is 4. The number of nitrogens with one attached hydrogen (secondary N) is 1. The molecule has 0 aliphatic rings. The highest BCUT2D eigenvalue weighted by atomic mass is 16.4. The molecule has 0 amide bonds. The summed E-state index contributed by atoms with van der Waals surface area (Å²) in [6.07, 6.45) is 1.05. The molecule has 3 heterocycles. The molecule has 1 aromatic carbocycles. The number of hydrogen-bond acceptors (Lipinski definition) is 8. The number of fused-ring (bicyclic) bond motifs is 2. The van der Waals surface area contributed by atoms with Crippen molar-refractivity contribution in [2.45, 2.75) is 19.8 Å². The van der Waals surface area contributed by atoms with Gasteiger partial charge in [-0.3, -0.25) is 9.59 Å². The Morgan fingerprint density at radius 1 is 1.11 bits per heavy atom. The Balaban J connectivity index is 2.17. The summed E-state index contributed by atoms with van der Waals surface area (Å²) < 4.78 is 11.3. The van der Waals surface area contributed by atoms with E-state index in [4.69, 9.17) is 8.83 Å². The zero-order valence-electron chi connectivity index (χ0n) is 14.0. The molecular weight excluding hydrogens is 356 g/mol.